The smallest absolute Gasteiger partial charge is 0.0841 e. The highest BCUT2D eigenvalue weighted by atomic mass is 15.2. The van der Waals surface area contributed by atoms with Gasteiger partial charge < -0.3 is 5.32 Å². The van der Waals surface area contributed by atoms with Gasteiger partial charge in [0.1, 0.15) is 0 Å². The molecule has 0 radical (unpaired) electrons. The maximum absolute atomic E-state index is 5.01. The maximum atomic E-state index is 5.01. The van der Waals surface area contributed by atoms with Gasteiger partial charge >= 0.3 is 0 Å². The number of terminal acetylenes is 1. The van der Waals surface area contributed by atoms with Crippen LogP contribution in [0.4, 0.5) is 0 Å². The van der Waals surface area contributed by atoms with Crippen LogP contribution < -0.4 is 5.32 Å². The Morgan fingerprint density at radius 2 is 2.42 bits per heavy atom. The van der Waals surface area contributed by atoms with Gasteiger partial charge in [0.15, 0.2) is 0 Å². The third-order valence-corrected chi connectivity index (χ3v) is 2.12. The summed E-state index contributed by atoms with van der Waals surface area (Å²) in [6.07, 6.45) is 5.01. The van der Waals surface area contributed by atoms with E-state index in [0.717, 1.165) is 6.54 Å². The van der Waals surface area contributed by atoms with E-state index >= 15 is 0 Å². The van der Waals surface area contributed by atoms with Crippen molar-refractivity contribution in [3.8, 4) is 24.3 Å². The van der Waals surface area contributed by atoms with E-state index < -0.39 is 0 Å². The van der Waals surface area contributed by atoms with Crippen molar-refractivity contribution < 1.29 is 0 Å². The molecule has 0 saturated carbocycles. The van der Waals surface area contributed by atoms with Crippen molar-refractivity contribution in [2.45, 2.75) is 13.0 Å². The van der Waals surface area contributed by atoms with Crippen molar-refractivity contribution in [3.63, 3.8) is 0 Å². The first-order valence-electron chi connectivity index (χ1n) is 4.13. The minimum absolute atomic E-state index is 0.435. The molecule has 1 aliphatic heterocycles. The van der Waals surface area contributed by atoms with Gasteiger partial charge in [-0.1, -0.05) is 25.2 Å². The lowest BCUT2D eigenvalue weighted by atomic mass is 9.92. The first kappa shape index (κ1) is 8.97. The highest BCUT2D eigenvalue weighted by Crippen LogP contribution is 2.20. The zero-order chi connectivity index (χ0) is 8.97. The lowest BCUT2D eigenvalue weighted by Crippen LogP contribution is -2.51. The van der Waals surface area contributed by atoms with Gasteiger partial charge in [-0.15, -0.1) is 0 Å². The molecule has 1 saturated heterocycles. The molecule has 0 aliphatic carbocycles. The van der Waals surface area contributed by atoms with Crippen LogP contribution in [0.1, 0.15) is 6.92 Å². The quantitative estimate of drug-likeness (QED) is 0.335. The lowest BCUT2D eigenvalue weighted by molar-refractivity contribution is 0.0965. The second-order valence-corrected chi connectivity index (χ2v) is 3.18. The molecule has 2 atom stereocenters. The molecular weight excluding hydrogens is 148 g/mol. The van der Waals surface area contributed by atoms with Crippen molar-refractivity contribution in [2.24, 2.45) is 5.92 Å². The molecule has 64 valence electrons. The molecule has 1 rings (SSSR count). The molecule has 0 spiro atoms. The first-order chi connectivity index (χ1) is 5.75. The van der Waals surface area contributed by atoms with E-state index in [1.807, 2.05) is 0 Å². The fourth-order valence-electron chi connectivity index (χ4n) is 1.47. The number of rotatable bonds is 1. The van der Waals surface area contributed by atoms with Crippen molar-refractivity contribution in [1.82, 2.24) is 10.2 Å². The number of hydrogen-bond donors (Lipinski definition) is 1. The van der Waals surface area contributed by atoms with Crippen LogP contribution in [-0.4, -0.2) is 31.1 Å². The van der Waals surface area contributed by atoms with Gasteiger partial charge in [0.25, 0.3) is 0 Å². The van der Waals surface area contributed by atoms with E-state index in [1.54, 1.807) is 0 Å². The van der Waals surface area contributed by atoms with Crippen LogP contribution in [0.25, 0.3) is 0 Å². The Bertz CT molecular complexity index is 233. The van der Waals surface area contributed by atoms with E-state index in [-0.39, 0.29) is 0 Å². The number of nitrogens with zero attached hydrogens (tertiary/aromatic N) is 1. The third-order valence-electron chi connectivity index (χ3n) is 2.12. The van der Waals surface area contributed by atoms with Crippen molar-refractivity contribution in [3.05, 3.63) is 0 Å². The maximum Gasteiger partial charge on any atom is 0.0841 e. The standard InChI is InChI=1S/C10H14N2/c1-4-11-7-5-6-10-9(2)8-12(10)3/h1,9-11H,7-8H2,2-3H3/t9-,10-/m1/s1. The van der Waals surface area contributed by atoms with E-state index in [4.69, 9.17) is 6.42 Å². The molecular formula is C10H14N2. The Balaban J connectivity index is 2.29. The summed E-state index contributed by atoms with van der Waals surface area (Å²) in [6, 6.07) is 2.77. The van der Waals surface area contributed by atoms with Crippen LogP contribution in [0.3, 0.4) is 0 Å². The number of hydrogen-bond acceptors (Lipinski definition) is 2. The fraction of sp³-hybridized carbons (Fsp3) is 0.600. The molecule has 2 heteroatoms. The van der Waals surface area contributed by atoms with Crippen LogP contribution in [0.15, 0.2) is 0 Å². The van der Waals surface area contributed by atoms with Gasteiger partial charge in [-0.05, 0) is 13.0 Å². The average Bonchev–Trinajstić information content (AvgIpc) is 2.04. The molecule has 1 fully saturated rings. The Kier molecular flexibility index (Phi) is 3.02. The van der Waals surface area contributed by atoms with Gasteiger partial charge in [0.2, 0.25) is 0 Å². The summed E-state index contributed by atoms with van der Waals surface area (Å²) < 4.78 is 0. The Hall–Kier alpha value is -1.12. The zero-order valence-electron chi connectivity index (χ0n) is 7.59. The van der Waals surface area contributed by atoms with Crippen LogP contribution in [-0.2, 0) is 0 Å². The summed E-state index contributed by atoms with van der Waals surface area (Å²) >= 11 is 0. The van der Waals surface area contributed by atoms with E-state index in [9.17, 15) is 0 Å². The topological polar surface area (TPSA) is 15.3 Å². The molecule has 0 aromatic carbocycles. The largest absolute Gasteiger partial charge is 0.334 e. The summed E-state index contributed by atoms with van der Waals surface area (Å²) in [5, 5.41) is 2.72. The van der Waals surface area contributed by atoms with Crippen molar-refractivity contribution in [1.29, 1.82) is 0 Å². The van der Waals surface area contributed by atoms with Gasteiger partial charge in [0, 0.05) is 12.6 Å². The molecule has 2 nitrogen and oxygen atoms in total. The van der Waals surface area contributed by atoms with Crippen molar-refractivity contribution in [2.75, 3.05) is 20.1 Å². The van der Waals surface area contributed by atoms with Crippen LogP contribution in [0.5, 0.6) is 0 Å². The summed E-state index contributed by atoms with van der Waals surface area (Å²) in [5.41, 5.74) is 0. The third kappa shape index (κ3) is 1.94. The van der Waals surface area contributed by atoms with E-state index in [0.29, 0.717) is 18.5 Å². The monoisotopic (exact) mass is 162 g/mol. The molecule has 1 N–H and O–H groups in total. The zero-order valence-corrected chi connectivity index (χ0v) is 7.59. The van der Waals surface area contributed by atoms with E-state index in [1.165, 1.54) is 0 Å². The van der Waals surface area contributed by atoms with Crippen LogP contribution in [0, 0.1) is 30.2 Å². The summed E-state index contributed by atoms with van der Waals surface area (Å²) in [5.74, 6) is 6.88. The van der Waals surface area contributed by atoms with Gasteiger partial charge in [-0.25, -0.2) is 0 Å². The van der Waals surface area contributed by atoms with Crippen molar-refractivity contribution >= 4 is 0 Å². The Labute approximate surface area is 74.3 Å². The van der Waals surface area contributed by atoms with Crippen LogP contribution >= 0.6 is 0 Å². The van der Waals surface area contributed by atoms with E-state index in [2.05, 4.69) is 42.1 Å². The van der Waals surface area contributed by atoms with Gasteiger partial charge in [0.05, 0.1) is 12.6 Å². The predicted octanol–water partition coefficient (Wildman–Crippen LogP) is 0.120. The summed E-state index contributed by atoms with van der Waals surface area (Å²) in [6.45, 7) is 3.96. The average molecular weight is 162 g/mol. The second-order valence-electron chi connectivity index (χ2n) is 3.18. The molecule has 1 heterocycles. The predicted molar refractivity (Wildman–Crippen MR) is 50.2 cm³/mol. The number of nitrogens with one attached hydrogen (secondary N) is 1. The second kappa shape index (κ2) is 4.04. The summed E-state index contributed by atoms with van der Waals surface area (Å²) in [4.78, 5) is 2.24. The molecule has 0 aromatic rings. The highest BCUT2D eigenvalue weighted by Gasteiger charge is 2.30. The normalized spacial score (nSPS) is 27.8. The SMILES string of the molecule is C#CNCC#C[C@@H]1[C@H](C)CN1C. The Morgan fingerprint density at radius 3 is 2.92 bits per heavy atom. The number of likely N-dealkylation sites (tertiary alicyclic amines) is 1. The van der Waals surface area contributed by atoms with Gasteiger partial charge in [-0.3, -0.25) is 4.90 Å². The fourth-order valence-corrected chi connectivity index (χ4v) is 1.47. The minimum Gasteiger partial charge on any atom is -0.334 e. The molecule has 1 aliphatic rings. The molecule has 0 bridgehead atoms. The summed E-state index contributed by atoms with van der Waals surface area (Å²) in [7, 11) is 2.09. The van der Waals surface area contributed by atoms with Gasteiger partial charge in [-0.2, -0.15) is 0 Å². The van der Waals surface area contributed by atoms with Crippen LogP contribution in [0.2, 0.25) is 0 Å². The minimum atomic E-state index is 0.435. The first-order valence-corrected chi connectivity index (χ1v) is 4.13. The molecule has 0 aromatic heterocycles. The molecule has 0 unspecified atom stereocenters. The lowest BCUT2D eigenvalue weighted by Gasteiger charge is -2.40. The molecule has 12 heavy (non-hydrogen) atoms. The Morgan fingerprint density at radius 1 is 1.67 bits per heavy atom. The highest BCUT2D eigenvalue weighted by molar-refractivity contribution is 5.15. The molecule has 0 amide bonds.